The molecule has 168 valence electrons. The maximum Gasteiger partial charge on any atom is 0.274 e. The van der Waals surface area contributed by atoms with E-state index in [9.17, 15) is 9.59 Å². The molecule has 0 aliphatic carbocycles. The lowest BCUT2D eigenvalue weighted by molar-refractivity contribution is 0.0835. The molecule has 6 rings (SSSR count). The van der Waals surface area contributed by atoms with Crippen LogP contribution in [-0.2, 0) is 11.2 Å². The van der Waals surface area contributed by atoms with Crippen LogP contribution < -0.4 is 10.5 Å². The number of hydrogen-bond donors (Lipinski definition) is 1. The Morgan fingerprint density at radius 1 is 1.18 bits per heavy atom. The van der Waals surface area contributed by atoms with Crippen molar-refractivity contribution in [2.45, 2.75) is 32.1 Å². The van der Waals surface area contributed by atoms with Crippen molar-refractivity contribution in [1.82, 2.24) is 14.4 Å². The monoisotopic (exact) mass is 462 g/mol. The summed E-state index contributed by atoms with van der Waals surface area (Å²) in [6.07, 6.45) is 4.19. The van der Waals surface area contributed by atoms with Crippen LogP contribution in [0.3, 0.4) is 0 Å². The Labute approximate surface area is 195 Å². The summed E-state index contributed by atoms with van der Waals surface area (Å²) in [7, 11) is 0. The molecule has 2 aliphatic rings. The van der Waals surface area contributed by atoms with Gasteiger partial charge in [-0.25, -0.2) is 4.98 Å². The van der Waals surface area contributed by atoms with E-state index < -0.39 is 0 Å². The normalized spacial score (nSPS) is 16.6. The van der Waals surface area contributed by atoms with Crippen LogP contribution in [0.4, 0.5) is 5.69 Å². The quantitative estimate of drug-likeness (QED) is 0.483. The fraction of sp³-hybridized carbons (Fsp3) is 0.320. The number of aryl methyl sites for hydroxylation is 1. The van der Waals surface area contributed by atoms with Crippen molar-refractivity contribution in [3.05, 3.63) is 74.4 Å². The summed E-state index contributed by atoms with van der Waals surface area (Å²) in [4.78, 5) is 35.8. The molecule has 33 heavy (non-hydrogen) atoms. The Balaban J connectivity index is 1.49. The summed E-state index contributed by atoms with van der Waals surface area (Å²) in [5.74, 6) is 1.02. The van der Waals surface area contributed by atoms with Crippen LogP contribution in [0.15, 0.2) is 41.3 Å². The first-order valence-electron chi connectivity index (χ1n) is 11.2. The van der Waals surface area contributed by atoms with Crippen molar-refractivity contribution < 1.29 is 9.53 Å². The number of imidazole rings is 1. The van der Waals surface area contributed by atoms with Gasteiger partial charge in [-0.05, 0) is 61.6 Å². The predicted octanol–water partition coefficient (Wildman–Crippen LogP) is 4.23. The first-order chi connectivity index (χ1) is 16.0. The number of carbonyl (C=O) groups excluding carboxylic acids is 1. The van der Waals surface area contributed by atoms with E-state index in [-0.39, 0.29) is 17.4 Å². The smallest absolute Gasteiger partial charge is 0.274 e. The Morgan fingerprint density at radius 2 is 2.00 bits per heavy atom. The zero-order valence-corrected chi connectivity index (χ0v) is 19.0. The van der Waals surface area contributed by atoms with E-state index in [0.29, 0.717) is 41.4 Å². The van der Waals surface area contributed by atoms with Crippen LogP contribution in [0.5, 0.6) is 0 Å². The molecule has 1 N–H and O–H groups in total. The highest BCUT2D eigenvalue weighted by Crippen LogP contribution is 2.33. The summed E-state index contributed by atoms with van der Waals surface area (Å²) < 4.78 is 7.46. The molecule has 2 aromatic carbocycles. The number of aromatic amines is 1. The van der Waals surface area contributed by atoms with Gasteiger partial charge in [0.2, 0.25) is 0 Å². The lowest BCUT2D eigenvalue weighted by Gasteiger charge is -2.22. The Kier molecular flexibility index (Phi) is 4.78. The standard InChI is InChI=1S/C25H23ClN4O3/c1-14-10-21-19(12-18(14)25(32)29-7-4-15-2-3-17(26)11-20(15)29)28-24(31)22-13-27-23(30(21)22)16-5-8-33-9-6-16/h2-3,10-13,16H,4-9H2,1H3,(H,28,31). The number of fused-ring (bicyclic) bond motifs is 4. The molecular weight excluding hydrogens is 440 g/mol. The van der Waals surface area contributed by atoms with Crippen molar-refractivity contribution in [1.29, 1.82) is 0 Å². The van der Waals surface area contributed by atoms with Crippen LogP contribution >= 0.6 is 11.6 Å². The fourth-order valence-electron chi connectivity index (χ4n) is 5.13. The SMILES string of the molecule is Cc1cc2c(cc1C(=O)N1CCc3ccc(Cl)cc31)[nH]c(=O)c1cnc(C3CCOCC3)n12. The number of H-pyrrole nitrogens is 1. The van der Waals surface area contributed by atoms with Gasteiger partial charge in [-0.1, -0.05) is 17.7 Å². The molecule has 0 spiro atoms. The molecule has 1 amide bonds. The lowest BCUT2D eigenvalue weighted by atomic mass is 9.99. The highest BCUT2D eigenvalue weighted by atomic mass is 35.5. The molecule has 1 fully saturated rings. The molecule has 4 heterocycles. The number of carbonyl (C=O) groups is 1. The average molecular weight is 463 g/mol. The molecule has 0 radical (unpaired) electrons. The van der Waals surface area contributed by atoms with Gasteiger partial charge in [-0.3, -0.25) is 14.0 Å². The van der Waals surface area contributed by atoms with Gasteiger partial charge in [-0.2, -0.15) is 0 Å². The largest absolute Gasteiger partial charge is 0.381 e. The predicted molar refractivity (Wildman–Crippen MR) is 128 cm³/mol. The summed E-state index contributed by atoms with van der Waals surface area (Å²) in [5, 5.41) is 0.608. The number of benzene rings is 2. The Morgan fingerprint density at radius 3 is 2.82 bits per heavy atom. The summed E-state index contributed by atoms with van der Waals surface area (Å²) in [6.45, 7) is 3.93. The number of anilines is 1. The van der Waals surface area contributed by atoms with E-state index in [1.54, 1.807) is 17.2 Å². The molecule has 0 atom stereocenters. The second-order valence-electron chi connectivity index (χ2n) is 8.84. The van der Waals surface area contributed by atoms with Gasteiger partial charge in [0, 0.05) is 41.9 Å². The summed E-state index contributed by atoms with van der Waals surface area (Å²) >= 11 is 6.20. The van der Waals surface area contributed by atoms with E-state index >= 15 is 0 Å². The highest BCUT2D eigenvalue weighted by molar-refractivity contribution is 6.31. The van der Waals surface area contributed by atoms with Gasteiger partial charge in [-0.15, -0.1) is 0 Å². The molecule has 0 unspecified atom stereocenters. The molecule has 7 nitrogen and oxygen atoms in total. The van der Waals surface area contributed by atoms with E-state index in [0.717, 1.165) is 47.4 Å². The van der Waals surface area contributed by atoms with Gasteiger partial charge < -0.3 is 14.6 Å². The van der Waals surface area contributed by atoms with Crippen molar-refractivity contribution in [3.8, 4) is 0 Å². The van der Waals surface area contributed by atoms with Crippen LogP contribution in [-0.4, -0.2) is 40.0 Å². The number of hydrogen-bond acceptors (Lipinski definition) is 4. The zero-order chi connectivity index (χ0) is 22.7. The molecule has 8 heteroatoms. The number of nitrogens with one attached hydrogen (secondary N) is 1. The van der Waals surface area contributed by atoms with Crippen molar-refractivity contribution in [2.24, 2.45) is 0 Å². The minimum Gasteiger partial charge on any atom is -0.381 e. The molecule has 0 saturated carbocycles. The molecule has 1 saturated heterocycles. The van der Waals surface area contributed by atoms with Crippen LogP contribution in [0.1, 0.15) is 46.1 Å². The number of amides is 1. The third-order valence-corrected chi connectivity index (χ3v) is 7.09. The molecule has 4 aromatic rings. The van der Waals surface area contributed by atoms with Crippen molar-refractivity contribution in [2.75, 3.05) is 24.7 Å². The number of ether oxygens (including phenoxy) is 1. The zero-order valence-electron chi connectivity index (χ0n) is 18.2. The minimum atomic E-state index is -0.214. The molecule has 2 aromatic heterocycles. The van der Waals surface area contributed by atoms with Gasteiger partial charge >= 0.3 is 0 Å². The second-order valence-corrected chi connectivity index (χ2v) is 9.28. The van der Waals surface area contributed by atoms with Crippen LogP contribution in [0.2, 0.25) is 5.02 Å². The highest BCUT2D eigenvalue weighted by Gasteiger charge is 2.28. The number of rotatable bonds is 2. The second kappa shape index (κ2) is 7.71. The van der Waals surface area contributed by atoms with Gasteiger partial charge in [0.05, 0.1) is 17.2 Å². The van der Waals surface area contributed by atoms with Crippen LogP contribution in [0, 0.1) is 6.92 Å². The van der Waals surface area contributed by atoms with Crippen molar-refractivity contribution >= 4 is 39.7 Å². The maximum absolute atomic E-state index is 13.6. The minimum absolute atomic E-state index is 0.0911. The van der Waals surface area contributed by atoms with E-state index in [2.05, 4.69) is 9.97 Å². The molecule has 0 bridgehead atoms. The van der Waals surface area contributed by atoms with E-state index in [1.807, 2.05) is 35.6 Å². The molecular formula is C25H23ClN4O3. The van der Waals surface area contributed by atoms with Gasteiger partial charge in [0.1, 0.15) is 11.3 Å². The average Bonchev–Trinajstić information content (AvgIpc) is 3.44. The first-order valence-corrected chi connectivity index (χ1v) is 11.6. The van der Waals surface area contributed by atoms with Gasteiger partial charge in [0.25, 0.3) is 11.5 Å². The third kappa shape index (κ3) is 3.26. The summed E-state index contributed by atoms with van der Waals surface area (Å²) in [5.41, 5.74) is 5.16. The van der Waals surface area contributed by atoms with E-state index in [4.69, 9.17) is 16.3 Å². The third-order valence-electron chi connectivity index (χ3n) is 6.86. The Bertz CT molecular complexity index is 1480. The van der Waals surface area contributed by atoms with Crippen molar-refractivity contribution in [3.63, 3.8) is 0 Å². The number of nitrogens with zero attached hydrogens (tertiary/aromatic N) is 3. The van der Waals surface area contributed by atoms with Crippen LogP contribution in [0.25, 0.3) is 16.6 Å². The fourth-order valence-corrected chi connectivity index (χ4v) is 5.29. The van der Waals surface area contributed by atoms with E-state index in [1.165, 1.54) is 0 Å². The summed E-state index contributed by atoms with van der Waals surface area (Å²) in [6, 6.07) is 9.44. The number of aromatic nitrogens is 3. The maximum atomic E-state index is 13.6. The first kappa shape index (κ1) is 20.4. The Hall–Kier alpha value is -3.16. The van der Waals surface area contributed by atoms with Gasteiger partial charge in [0.15, 0.2) is 0 Å². The molecule has 2 aliphatic heterocycles. The lowest BCUT2D eigenvalue weighted by Crippen LogP contribution is -2.29. The number of halogens is 1. The topological polar surface area (TPSA) is 79.7 Å².